The SMILES string of the molecule is CC(C)Oc1ccc(-c2ccn3c(-c4cnn(-c5ccc(F)cc5)c4)cnc3c2)cc1. The zero-order valence-corrected chi connectivity index (χ0v) is 17.2. The van der Waals surface area contributed by atoms with Crippen molar-refractivity contribution < 1.29 is 9.13 Å². The van der Waals surface area contributed by atoms with Gasteiger partial charge in [-0.05, 0) is 73.5 Å². The molecule has 0 N–H and O–H groups in total. The molecule has 0 aliphatic heterocycles. The van der Waals surface area contributed by atoms with Crippen molar-refractivity contribution in [2.75, 3.05) is 0 Å². The predicted octanol–water partition coefficient (Wildman–Crippen LogP) is 5.78. The lowest BCUT2D eigenvalue weighted by Gasteiger charge is -2.10. The van der Waals surface area contributed by atoms with Gasteiger partial charge in [-0.25, -0.2) is 14.1 Å². The summed E-state index contributed by atoms with van der Waals surface area (Å²) in [4.78, 5) is 4.58. The zero-order valence-electron chi connectivity index (χ0n) is 17.2. The molecule has 0 bridgehead atoms. The van der Waals surface area contributed by atoms with Gasteiger partial charge in [-0.1, -0.05) is 12.1 Å². The number of halogens is 1. The first-order chi connectivity index (χ1) is 15.1. The van der Waals surface area contributed by atoms with Crippen LogP contribution in [0.25, 0.3) is 33.7 Å². The molecule has 5 rings (SSSR count). The van der Waals surface area contributed by atoms with Crippen LogP contribution in [0.15, 0.2) is 85.5 Å². The number of fused-ring (bicyclic) bond motifs is 1. The van der Waals surface area contributed by atoms with Crippen LogP contribution >= 0.6 is 0 Å². The van der Waals surface area contributed by atoms with Gasteiger partial charge in [0, 0.05) is 18.0 Å². The minimum Gasteiger partial charge on any atom is -0.491 e. The average Bonchev–Trinajstić information content (AvgIpc) is 3.41. The number of ether oxygens (including phenoxy) is 1. The van der Waals surface area contributed by atoms with Crippen molar-refractivity contribution >= 4 is 5.65 Å². The molecule has 0 spiro atoms. The molecule has 0 aliphatic carbocycles. The van der Waals surface area contributed by atoms with Crippen LogP contribution in [-0.4, -0.2) is 25.3 Å². The standard InChI is InChI=1S/C25H21FN4O/c1-17(2)31-23-9-3-18(4-10-23)19-11-12-29-24(15-27-25(29)13-19)20-14-28-30(16-20)22-7-5-21(26)6-8-22/h3-17H,1-2H3. The molecule has 0 amide bonds. The van der Waals surface area contributed by atoms with E-state index in [1.807, 2.05) is 49.0 Å². The van der Waals surface area contributed by atoms with E-state index in [2.05, 4.69) is 34.3 Å². The number of imidazole rings is 1. The Bertz CT molecular complexity index is 1330. The van der Waals surface area contributed by atoms with Gasteiger partial charge in [-0.3, -0.25) is 4.40 Å². The highest BCUT2D eigenvalue weighted by Gasteiger charge is 2.10. The first kappa shape index (κ1) is 19.1. The summed E-state index contributed by atoms with van der Waals surface area (Å²) in [5.74, 6) is 0.594. The molecule has 5 aromatic rings. The molecule has 0 radical (unpaired) electrons. The van der Waals surface area contributed by atoms with Crippen molar-refractivity contribution in [3.05, 3.63) is 91.3 Å². The maximum absolute atomic E-state index is 13.2. The molecule has 0 saturated carbocycles. The van der Waals surface area contributed by atoms with Crippen LogP contribution in [0.5, 0.6) is 5.75 Å². The van der Waals surface area contributed by atoms with Gasteiger partial charge in [0.2, 0.25) is 0 Å². The molecule has 0 atom stereocenters. The van der Waals surface area contributed by atoms with E-state index in [0.29, 0.717) is 0 Å². The molecule has 0 saturated heterocycles. The van der Waals surface area contributed by atoms with E-state index >= 15 is 0 Å². The van der Waals surface area contributed by atoms with E-state index in [4.69, 9.17) is 4.74 Å². The van der Waals surface area contributed by atoms with Gasteiger partial charge in [0.25, 0.3) is 0 Å². The maximum Gasteiger partial charge on any atom is 0.137 e. The fourth-order valence-electron chi connectivity index (χ4n) is 3.56. The molecule has 6 heteroatoms. The van der Waals surface area contributed by atoms with E-state index in [9.17, 15) is 4.39 Å². The first-order valence-electron chi connectivity index (χ1n) is 10.1. The van der Waals surface area contributed by atoms with Crippen LogP contribution in [0.4, 0.5) is 4.39 Å². The van der Waals surface area contributed by atoms with Crippen LogP contribution in [0, 0.1) is 5.82 Å². The molecule has 0 fully saturated rings. The summed E-state index contributed by atoms with van der Waals surface area (Å²) in [5.41, 5.74) is 5.71. The van der Waals surface area contributed by atoms with E-state index in [1.54, 1.807) is 23.0 Å². The van der Waals surface area contributed by atoms with Crippen LogP contribution < -0.4 is 4.74 Å². The Morgan fingerprint density at radius 3 is 2.39 bits per heavy atom. The molecule has 31 heavy (non-hydrogen) atoms. The normalized spacial score (nSPS) is 11.4. The predicted molar refractivity (Wildman–Crippen MR) is 119 cm³/mol. The van der Waals surface area contributed by atoms with Crippen molar-refractivity contribution in [2.45, 2.75) is 20.0 Å². The summed E-state index contributed by atoms with van der Waals surface area (Å²) in [7, 11) is 0. The smallest absolute Gasteiger partial charge is 0.137 e. The number of pyridine rings is 1. The second-order valence-corrected chi connectivity index (χ2v) is 7.63. The Morgan fingerprint density at radius 1 is 0.871 bits per heavy atom. The number of hydrogen-bond donors (Lipinski definition) is 0. The summed E-state index contributed by atoms with van der Waals surface area (Å²) >= 11 is 0. The highest BCUT2D eigenvalue weighted by Crippen LogP contribution is 2.27. The third-order valence-electron chi connectivity index (χ3n) is 5.04. The second kappa shape index (κ2) is 7.72. The molecule has 0 aliphatic rings. The molecule has 2 aromatic carbocycles. The van der Waals surface area contributed by atoms with E-state index in [0.717, 1.165) is 39.5 Å². The number of benzene rings is 2. The summed E-state index contributed by atoms with van der Waals surface area (Å²) < 4.78 is 22.7. The lowest BCUT2D eigenvalue weighted by molar-refractivity contribution is 0.242. The number of hydrogen-bond acceptors (Lipinski definition) is 3. The fourth-order valence-corrected chi connectivity index (χ4v) is 3.56. The monoisotopic (exact) mass is 412 g/mol. The molecular weight excluding hydrogens is 391 g/mol. The fraction of sp³-hybridized carbons (Fsp3) is 0.120. The van der Waals surface area contributed by atoms with Gasteiger partial charge in [-0.15, -0.1) is 0 Å². The van der Waals surface area contributed by atoms with E-state index in [1.165, 1.54) is 12.1 Å². The van der Waals surface area contributed by atoms with Crippen molar-refractivity contribution in [2.24, 2.45) is 0 Å². The molecule has 3 heterocycles. The van der Waals surface area contributed by atoms with Crippen LogP contribution in [0.2, 0.25) is 0 Å². The number of rotatable bonds is 5. The minimum absolute atomic E-state index is 0.151. The van der Waals surface area contributed by atoms with Gasteiger partial charge < -0.3 is 4.74 Å². The topological polar surface area (TPSA) is 44.4 Å². The third-order valence-corrected chi connectivity index (χ3v) is 5.04. The Kier molecular flexibility index (Phi) is 4.75. The van der Waals surface area contributed by atoms with Crippen LogP contribution in [0.3, 0.4) is 0 Å². The Hall–Kier alpha value is -3.93. The summed E-state index contributed by atoms with van der Waals surface area (Å²) in [5, 5.41) is 4.41. The van der Waals surface area contributed by atoms with E-state index in [-0.39, 0.29) is 11.9 Å². The highest BCUT2D eigenvalue weighted by atomic mass is 19.1. The lowest BCUT2D eigenvalue weighted by atomic mass is 10.1. The molecular formula is C25H21FN4O. The van der Waals surface area contributed by atoms with Crippen molar-refractivity contribution in [1.82, 2.24) is 19.2 Å². The number of nitrogens with zero attached hydrogens (tertiary/aromatic N) is 4. The Balaban J connectivity index is 1.44. The van der Waals surface area contributed by atoms with Crippen molar-refractivity contribution in [1.29, 1.82) is 0 Å². The Labute approximate surface area is 179 Å². The van der Waals surface area contributed by atoms with Gasteiger partial charge in [0.05, 0.1) is 29.9 Å². The first-order valence-corrected chi connectivity index (χ1v) is 10.1. The molecule has 3 aromatic heterocycles. The quantitative estimate of drug-likeness (QED) is 0.368. The number of aromatic nitrogens is 4. The van der Waals surface area contributed by atoms with E-state index < -0.39 is 0 Å². The zero-order chi connectivity index (χ0) is 21.4. The highest BCUT2D eigenvalue weighted by molar-refractivity contribution is 5.71. The van der Waals surface area contributed by atoms with Crippen LogP contribution in [-0.2, 0) is 0 Å². The third kappa shape index (κ3) is 3.80. The summed E-state index contributed by atoms with van der Waals surface area (Å²) in [6, 6.07) is 18.5. The second-order valence-electron chi connectivity index (χ2n) is 7.63. The van der Waals surface area contributed by atoms with Gasteiger partial charge >= 0.3 is 0 Å². The largest absolute Gasteiger partial charge is 0.491 e. The van der Waals surface area contributed by atoms with Crippen molar-refractivity contribution in [3.8, 4) is 33.8 Å². The molecule has 5 nitrogen and oxygen atoms in total. The maximum atomic E-state index is 13.2. The lowest BCUT2D eigenvalue weighted by Crippen LogP contribution is -2.05. The van der Waals surface area contributed by atoms with Crippen molar-refractivity contribution in [3.63, 3.8) is 0 Å². The molecule has 0 unspecified atom stereocenters. The average molecular weight is 412 g/mol. The van der Waals surface area contributed by atoms with Gasteiger partial charge in [0.15, 0.2) is 0 Å². The Morgan fingerprint density at radius 2 is 1.65 bits per heavy atom. The van der Waals surface area contributed by atoms with Gasteiger partial charge in [0.1, 0.15) is 17.2 Å². The summed E-state index contributed by atoms with van der Waals surface area (Å²) in [6.07, 6.45) is 7.70. The minimum atomic E-state index is -0.268. The molecule has 154 valence electrons. The van der Waals surface area contributed by atoms with Crippen LogP contribution in [0.1, 0.15) is 13.8 Å². The summed E-state index contributed by atoms with van der Waals surface area (Å²) in [6.45, 7) is 4.03. The van der Waals surface area contributed by atoms with Gasteiger partial charge in [-0.2, -0.15) is 5.10 Å².